The Morgan fingerprint density at radius 3 is 2.14 bits per heavy atom. The molecule has 1 aliphatic heterocycles. The number of rotatable bonds is 0. The average Bonchev–Trinajstić information content (AvgIpc) is 2.13. The third-order valence-corrected chi connectivity index (χ3v) is 1.71. The molecule has 0 radical (unpaired) electrons. The topological polar surface area (TPSA) is 46.7 Å². The van der Waals surface area contributed by atoms with Crippen LogP contribution in [0.25, 0.3) is 0 Å². The molecular formula is C3H4O3S. The first kappa shape index (κ1) is 4.64. The van der Waals surface area contributed by atoms with Gasteiger partial charge in [0, 0.05) is 0 Å². The number of allylic oxidation sites excluding steroid dienone is 1. The zero-order valence-corrected chi connectivity index (χ0v) is 4.53. The van der Waals surface area contributed by atoms with Crippen LogP contribution in [0.2, 0.25) is 0 Å². The van der Waals surface area contributed by atoms with Gasteiger partial charge in [-0.05, 0) is 13.0 Å². The molecule has 40 valence electrons. The van der Waals surface area contributed by atoms with E-state index in [0.717, 1.165) is 0 Å². The Morgan fingerprint density at radius 2 is 2.14 bits per heavy atom. The third-order valence-electron chi connectivity index (χ3n) is 0.648. The predicted octanol–water partition coefficient (Wildman–Crippen LogP) is 0.208. The van der Waals surface area contributed by atoms with Gasteiger partial charge in [0.1, 0.15) is 0 Å². The fourth-order valence-corrected chi connectivity index (χ4v) is 1.02. The van der Waals surface area contributed by atoms with Gasteiger partial charge in [0.2, 0.25) is 0 Å². The van der Waals surface area contributed by atoms with Crippen molar-refractivity contribution in [1.29, 1.82) is 0 Å². The van der Waals surface area contributed by atoms with Gasteiger partial charge in [-0.3, -0.25) is 0 Å². The van der Waals surface area contributed by atoms with Crippen molar-refractivity contribution in [3.8, 4) is 0 Å². The van der Waals surface area contributed by atoms with E-state index >= 15 is 0 Å². The van der Waals surface area contributed by atoms with E-state index in [4.69, 9.17) is 0 Å². The van der Waals surface area contributed by atoms with Crippen LogP contribution < -0.4 is 0 Å². The van der Waals surface area contributed by atoms with E-state index in [9.17, 15) is 8.42 Å². The molecule has 0 atom stereocenters. The number of hydrogen-bond acceptors (Lipinski definition) is 3. The molecular weight excluding hydrogens is 116 g/mol. The Hall–Kier alpha value is -0.510. The summed E-state index contributed by atoms with van der Waals surface area (Å²) in [5.41, 5.74) is 0. The van der Waals surface area contributed by atoms with E-state index in [1.165, 1.54) is 6.08 Å². The molecule has 0 bridgehead atoms. The molecule has 0 aromatic carbocycles. The monoisotopic (exact) mass is 120 g/mol. The quantitative estimate of drug-likeness (QED) is 0.429. The highest BCUT2D eigenvalue weighted by molar-refractivity contribution is 7.96. The van der Waals surface area contributed by atoms with Crippen molar-refractivity contribution in [2.45, 2.75) is 6.92 Å². The zero-order chi connectivity index (χ0) is 5.49. The van der Waals surface area contributed by atoms with Crippen LogP contribution in [0.5, 0.6) is 0 Å². The van der Waals surface area contributed by atoms with Crippen molar-refractivity contribution in [3.05, 3.63) is 11.2 Å². The van der Waals surface area contributed by atoms with Crippen LogP contribution in [-0.4, -0.2) is 8.42 Å². The van der Waals surface area contributed by atoms with Crippen LogP contribution in [0.4, 0.5) is 0 Å². The lowest BCUT2D eigenvalue weighted by Crippen LogP contribution is -1.61. The molecule has 0 aromatic rings. The van der Waals surface area contributed by atoms with Gasteiger partial charge in [0.25, 0.3) is 5.09 Å². The first-order chi connectivity index (χ1) is 3.17. The van der Waals surface area contributed by atoms with Crippen LogP contribution in [0.15, 0.2) is 11.2 Å². The first-order valence-electron chi connectivity index (χ1n) is 1.77. The van der Waals surface area contributed by atoms with Crippen molar-refractivity contribution < 1.29 is 12.6 Å². The molecule has 0 spiro atoms. The fourth-order valence-electron chi connectivity index (χ4n) is 0.284. The standard InChI is InChI=1S/C3H4O3S/c1-2-3-6-7(3,4)5/h2H,1H3. The number of hydrogen-bond donors (Lipinski definition) is 0. The lowest BCUT2D eigenvalue weighted by molar-refractivity contribution is 0.543. The molecule has 7 heavy (non-hydrogen) atoms. The van der Waals surface area contributed by atoms with Crippen LogP contribution in [-0.2, 0) is 14.3 Å². The molecule has 1 fully saturated rings. The highest BCUT2D eigenvalue weighted by Crippen LogP contribution is 2.28. The Bertz CT molecular complexity index is 198. The summed E-state index contributed by atoms with van der Waals surface area (Å²) in [6, 6.07) is 0. The minimum atomic E-state index is -3.15. The molecule has 0 unspecified atom stereocenters. The summed E-state index contributed by atoms with van der Waals surface area (Å²) in [4.78, 5) is 0. The predicted molar refractivity (Wildman–Crippen MR) is 23.8 cm³/mol. The van der Waals surface area contributed by atoms with Crippen LogP contribution in [0.3, 0.4) is 0 Å². The highest BCUT2D eigenvalue weighted by atomic mass is 32.2. The summed E-state index contributed by atoms with van der Waals surface area (Å²) < 4.78 is 24.1. The maximum absolute atomic E-state index is 10.0. The van der Waals surface area contributed by atoms with Gasteiger partial charge in [-0.2, -0.15) is 8.42 Å². The van der Waals surface area contributed by atoms with Gasteiger partial charge in [-0.25, -0.2) is 0 Å². The van der Waals surface area contributed by atoms with Crippen LogP contribution in [0.1, 0.15) is 6.92 Å². The highest BCUT2D eigenvalue weighted by Gasteiger charge is 2.38. The van der Waals surface area contributed by atoms with Gasteiger partial charge in [-0.1, -0.05) is 0 Å². The molecule has 0 aliphatic carbocycles. The van der Waals surface area contributed by atoms with E-state index in [0.29, 0.717) is 0 Å². The van der Waals surface area contributed by atoms with E-state index in [-0.39, 0.29) is 5.09 Å². The SMILES string of the molecule is CC=C1OS1(=O)=O. The molecule has 4 heteroatoms. The largest absolute Gasteiger partial charge is 0.374 e. The molecule has 0 amide bonds. The summed E-state index contributed by atoms with van der Waals surface area (Å²) >= 11 is 0. The molecule has 1 aliphatic rings. The summed E-state index contributed by atoms with van der Waals surface area (Å²) in [6.07, 6.45) is 1.41. The molecule has 1 heterocycles. The van der Waals surface area contributed by atoms with Crippen molar-refractivity contribution in [1.82, 2.24) is 0 Å². The van der Waals surface area contributed by atoms with E-state index < -0.39 is 10.1 Å². The molecule has 0 N–H and O–H groups in total. The second-order valence-electron chi connectivity index (χ2n) is 1.15. The summed E-state index contributed by atoms with van der Waals surface area (Å²) in [6.45, 7) is 1.61. The Balaban J connectivity index is 3.02. The van der Waals surface area contributed by atoms with Gasteiger partial charge < -0.3 is 4.18 Å². The van der Waals surface area contributed by atoms with Crippen molar-refractivity contribution in [3.63, 3.8) is 0 Å². The lowest BCUT2D eigenvalue weighted by atomic mass is 10.7. The second-order valence-corrected chi connectivity index (χ2v) is 2.62. The minimum absolute atomic E-state index is 0.0903. The zero-order valence-electron chi connectivity index (χ0n) is 3.71. The van der Waals surface area contributed by atoms with Gasteiger partial charge in [-0.15, -0.1) is 0 Å². The maximum Gasteiger partial charge on any atom is 0.374 e. The first-order valence-corrected chi connectivity index (χ1v) is 3.18. The molecule has 1 rings (SSSR count). The van der Waals surface area contributed by atoms with Crippen LogP contribution in [0, 0.1) is 0 Å². The molecule has 1 saturated heterocycles. The van der Waals surface area contributed by atoms with E-state index in [1.54, 1.807) is 6.92 Å². The summed E-state index contributed by atoms with van der Waals surface area (Å²) in [7, 11) is -3.15. The molecule has 0 aromatic heterocycles. The Morgan fingerprint density at radius 1 is 1.71 bits per heavy atom. The normalized spacial score (nSPS) is 29.6. The van der Waals surface area contributed by atoms with Crippen molar-refractivity contribution in [2.24, 2.45) is 0 Å². The summed E-state index contributed by atoms with van der Waals surface area (Å²) in [5.74, 6) is 0. The Labute approximate surface area is 41.7 Å². The average molecular weight is 120 g/mol. The van der Waals surface area contributed by atoms with Gasteiger partial charge >= 0.3 is 10.1 Å². The van der Waals surface area contributed by atoms with E-state index in [2.05, 4.69) is 4.18 Å². The van der Waals surface area contributed by atoms with Gasteiger partial charge in [0.15, 0.2) is 0 Å². The van der Waals surface area contributed by atoms with Crippen molar-refractivity contribution >= 4 is 10.1 Å². The fraction of sp³-hybridized carbons (Fsp3) is 0.333. The Kier molecular flexibility index (Phi) is 0.667. The third kappa shape index (κ3) is 0.608. The second kappa shape index (κ2) is 1.01. The molecule has 3 nitrogen and oxygen atoms in total. The summed E-state index contributed by atoms with van der Waals surface area (Å²) in [5, 5.41) is 0.0903. The smallest absolute Gasteiger partial charge is 0.361 e. The van der Waals surface area contributed by atoms with Crippen LogP contribution >= 0.6 is 0 Å². The molecule has 0 saturated carbocycles. The van der Waals surface area contributed by atoms with Gasteiger partial charge in [0.05, 0.1) is 0 Å². The lowest BCUT2D eigenvalue weighted by Gasteiger charge is -1.44. The maximum atomic E-state index is 10.0. The van der Waals surface area contributed by atoms with E-state index in [1.807, 2.05) is 0 Å². The van der Waals surface area contributed by atoms with Crippen molar-refractivity contribution in [2.75, 3.05) is 0 Å². The minimum Gasteiger partial charge on any atom is -0.361 e.